The number of nitrogens with zero attached hydrogens (tertiary/aromatic N) is 4. The zero-order chi connectivity index (χ0) is 24.6. The number of hydrogen-bond donors (Lipinski definition) is 1. The van der Waals surface area contributed by atoms with E-state index in [1.165, 1.54) is 0 Å². The summed E-state index contributed by atoms with van der Waals surface area (Å²) in [6, 6.07) is 8.34. The second kappa shape index (κ2) is 9.97. The van der Waals surface area contributed by atoms with Crippen LogP contribution in [0.1, 0.15) is 31.4 Å². The van der Waals surface area contributed by atoms with Gasteiger partial charge in [0.25, 0.3) is 0 Å². The number of aromatic nitrogens is 3. The maximum absolute atomic E-state index is 13.0. The molecule has 2 aromatic heterocycles. The Labute approximate surface area is 216 Å². The number of halogens is 2. The molecule has 1 aromatic carbocycles. The summed E-state index contributed by atoms with van der Waals surface area (Å²) >= 11 is 12.4. The Kier molecular flexibility index (Phi) is 6.94. The van der Waals surface area contributed by atoms with E-state index >= 15 is 0 Å². The minimum Gasteiger partial charge on any atom is -0.370 e. The lowest BCUT2D eigenvalue weighted by atomic mass is 9.98. The monoisotopic (exact) mass is 529 g/mol. The van der Waals surface area contributed by atoms with Crippen LogP contribution >= 0.6 is 23.2 Å². The summed E-state index contributed by atoms with van der Waals surface area (Å²) in [5.74, 6) is 1.19. The SMILES string of the molecule is Bc1cnn2c(NCC3CCN(S(=O)(=O)c4ccc(Cl)cc4)CC3)cc(C3=C(Cl)CCC=C3)nc12. The predicted molar refractivity (Wildman–Crippen MR) is 144 cm³/mol. The largest absolute Gasteiger partial charge is 0.370 e. The van der Waals surface area contributed by atoms with E-state index in [1.807, 2.05) is 30.7 Å². The number of allylic oxidation sites excluding steroid dienone is 4. The summed E-state index contributed by atoms with van der Waals surface area (Å²) in [6.45, 7) is 1.69. The van der Waals surface area contributed by atoms with Crippen molar-refractivity contribution in [2.75, 3.05) is 25.0 Å². The van der Waals surface area contributed by atoms with Crippen molar-refractivity contribution >= 4 is 63.6 Å². The molecular formula is C24H26BCl2N5O2S. The van der Waals surface area contributed by atoms with Gasteiger partial charge in [0.2, 0.25) is 10.0 Å². The smallest absolute Gasteiger partial charge is 0.243 e. The molecule has 1 aliphatic heterocycles. The molecule has 0 spiro atoms. The third kappa shape index (κ3) is 5.00. The van der Waals surface area contributed by atoms with Gasteiger partial charge in [-0.05, 0) is 61.3 Å². The second-order valence-corrected chi connectivity index (χ2v) is 11.9. The van der Waals surface area contributed by atoms with Gasteiger partial charge in [-0.25, -0.2) is 13.4 Å². The van der Waals surface area contributed by atoms with Crippen molar-refractivity contribution in [3.63, 3.8) is 0 Å². The van der Waals surface area contributed by atoms with Crippen LogP contribution in [0.3, 0.4) is 0 Å². The van der Waals surface area contributed by atoms with Crippen LogP contribution in [0.25, 0.3) is 11.2 Å². The lowest BCUT2D eigenvalue weighted by molar-refractivity contribution is 0.282. The van der Waals surface area contributed by atoms with E-state index in [0.717, 1.165) is 65.5 Å². The van der Waals surface area contributed by atoms with Gasteiger partial charge in [0.15, 0.2) is 5.65 Å². The fraction of sp³-hybridized carbons (Fsp3) is 0.333. The predicted octanol–water partition coefficient (Wildman–Crippen LogP) is 3.45. The quantitative estimate of drug-likeness (QED) is 0.495. The van der Waals surface area contributed by atoms with E-state index in [1.54, 1.807) is 28.6 Å². The molecule has 0 amide bonds. The number of nitrogens with one attached hydrogen (secondary N) is 1. The lowest BCUT2D eigenvalue weighted by Gasteiger charge is -2.31. The molecule has 1 N–H and O–H groups in total. The van der Waals surface area contributed by atoms with E-state index in [0.29, 0.717) is 24.0 Å². The minimum atomic E-state index is -3.51. The van der Waals surface area contributed by atoms with E-state index < -0.39 is 10.0 Å². The lowest BCUT2D eigenvalue weighted by Crippen LogP contribution is -2.39. The number of anilines is 1. The van der Waals surface area contributed by atoms with Gasteiger partial charge >= 0.3 is 0 Å². The number of sulfonamides is 1. The van der Waals surface area contributed by atoms with E-state index in [9.17, 15) is 8.42 Å². The zero-order valence-corrected chi connectivity index (χ0v) is 21.7. The topological polar surface area (TPSA) is 79.6 Å². The normalized spacial score (nSPS) is 17.9. The first-order valence-corrected chi connectivity index (χ1v) is 13.9. The third-order valence-corrected chi connectivity index (χ3v) is 9.19. The number of rotatable bonds is 6. The molecular weight excluding hydrogens is 504 g/mol. The van der Waals surface area contributed by atoms with Crippen LogP contribution in [0.4, 0.5) is 5.82 Å². The Morgan fingerprint density at radius 3 is 2.60 bits per heavy atom. The molecule has 3 heterocycles. The molecule has 11 heteroatoms. The Balaban J connectivity index is 1.29. The van der Waals surface area contributed by atoms with Crippen LogP contribution in [-0.4, -0.2) is 54.8 Å². The molecule has 0 atom stereocenters. The zero-order valence-electron chi connectivity index (χ0n) is 19.4. The Morgan fingerprint density at radius 2 is 1.89 bits per heavy atom. The highest BCUT2D eigenvalue weighted by molar-refractivity contribution is 7.89. The van der Waals surface area contributed by atoms with Crippen LogP contribution in [-0.2, 0) is 10.0 Å². The molecule has 5 rings (SSSR count). The molecule has 1 aliphatic carbocycles. The minimum absolute atomic E-state index is 0.281. The summed E-state index contributed by atoms with van der Waals surface area (Å²) in [6.07, 6.45) is 9.28. The van der Waals surface area contributed by atoms with E-state index in [-0.39, 0.29) is 4.90 Å². The van der Waals surface area contributed by atoms with E-state index in [4.69, 9.17) is 28.2 Å². The van der Waals surface area contributed by atoms with E-state index in [2.05, 4.69) is 16.5 Å². The van der Waals surface area contributed by atoms with Crippen molar-refractivity contribution in [1.29, 1.82) is 0 Å². The molecule has 182 valence electrons. The van der Waals surface area contributed by atoms with Gasteiger partial charge in [-0.3, -0.25) is 0 Å². The summed E-state index contributed by atoms with van der Waals surface area (Å²) in [7, 11) is -1.52. The van der Waals surface area contributed by atoms with Crippen LogP contribution in [0, 0.1) is 5.92 Å². The average molecular weight is 530 g/mol. The van der Waals surface area contributed by atoms with Gasteiger partial charge in [-0.1, -0.05) is 35.4 Å². The van der Waals surface area contributed by atoms with Crippen molar-refractivity contribution < 1.29 is 8.42 Å². The fourth-order valence-electron chi connectivity index (χ4n) is 4.56. The van der Waals surface area contributed by atoms with Gasteiger partial charge in [-0.2, -0.15) is 13.9 Å². The highest BCUT2D eigenvalue weighted by Crippen LogP contribution is 2.31. The number of benzene rings is 1. The van der Waals surface area contributed by atoms with Crippen molar-refractivity contribution in [3.05, 3.63) is 64.4 Å². The number of hydrogen-bond acceptors (Lipinski definition) is 5. The summed E-state index contributed by atoms with van der Waals surface area (Å²) in [5.41, 5.74) is 3.56. The fourth-order valence-corrected chi connectivity index (χ4v) is 6.42. The average Bonchev–Trinajstić information content (AvgIpc) is 3.24. The van der Waals surface area contributed by atoms with Crippen molar-refractivity contribution in [2.24, 2.45) is 5.92 Å². The number of fused-ring (bicyclic) bond motifs is 1. The Bertz CT molecular complexity index is 1410. The molecule has 0 radical (unpaired) electrons. The van der Waals surface area contributed by atoms with Crippen molar-refractivity contribution in [2.45, 2.75) is 30.6 Å². The van der Waals surface area contributed by atoms with Gasteiger partial charge in [0, 0.05) is 47.5 Å². The molecule has 1 saturated heterocycles. The van der Waals surface area contributed by atoms with Crippen LogP contribution in [0.15, 0.2) is 58.6 Å². The maximum atomic E-state index is 13.0. The summed E-state index contributed by atoms with van der Waals surface area (Å²) < 4.78 is 29.3. The highest BCUT2D eigenvalue weighted by atomic mass is 35.5. The molecule has 0 saturated carbocycles. The number of piperidine rings is 1. The molecule has 0 bridgehead atoms. The summed E-state index contributed by atoms with van der Waals surface area (Å²) in [5, 5.41) is 9.39. The van der Waals surface area contributed by atoms with Crippen molar-refractivity contribution in [1.82, 2.24) is 18.9 Å². The van der Waals surface area contributed by atoms with Crippen molar-refractivity contribution in [3.8, 4) is 0 Å². The molecule has 2 aliphatic rings. The van der Waals surface area contributed by atoms with Gasteiger partial charge in [-0.15, -0.1) is 0 Å². The first kappa shape index (κ1) is 24.4. The standard InChI is InChI=1S/C24H26BCl2N5O2S/c25-20-15-29-32-23(13-22(30-24(20)32)19-3-1-2-4-21(19)27)28-14-16-9-11-31(12-10-16)35(33,34)18-7-5-17(26)6-8-18/h1,3,5-8,13,15-16,28H,2,4,9-12,14,25H2. The Hall–Kier alpha value is -2.33. The highest BCUT2D eigenvalue weighted by Gasteiger charge is 2.29. The summed E-state index contributed by atoms with van der Waals surface area (Å²) in [4.78, 5) is 5.10. The maximum Gasteiger partial charge on any atom is 0.243 e. The molecule has 3 aromatic rings. The third-order valence-electron chi connectivity index (χ3n) is 6.63. The first-order valence-electron chi connectivity index (χ1n) is 11.7. The Morgan fingerprint density at radius 1 is 1.14 bits per heavy atom. The molecule has 1 fully saturated rings. The second-order valence-electron chi connectivity index (χ2n) is 9.03. The van der Waals surface area contributed by atoms with Crippen LogP contribution < -0.4 is 10.8 Å². The van der Waals surface area contributed by atoms with Gasteiger partial charge < -0.3 is 5.32 Å². The molecule has 7 nitrogen and oxygen atoms in total. The molecule has 0 unspecified atom stereocenters. The van der Waals surface area contributed by atoms with Crippen LogP contribution in [0.2, 0.25) is 5.02 Å². The van der Waals surface area contributed by atoms with Gasteiger partial charge in [0.05, 0.1) is 10.6 Å². The molecule has 35 heavy (non-hydrogen) atoms. The van der Waals surface area contributed by atoms with Gasteiger partial charge in [0.1, 0.15) is 13.7 Å². The van der Waals surface area contributed by atoms with Crippen LogP contribution in [0.5, 0.6) is 0 Å². The first-order chi connectivity index (χ1) is 16.8.